The van der Waals surface area contributed by atoms with Crippen LogP contribution in [0.4, 0.5) is 0 Å². The van der Waals surface area contributed by atoms with Gasteiger partial charge in [-0.1, -0.05) is 30.3 Å². The van der Waals surface area contributed by atoms with Gasteiger partial charge >= 0.3 is 5.97 Å². The molecule has 0 saturated heterocycles. The summed E-state index contributed by atoms with van der Waals surface area (Å²) in [5.74, 6) is -0.848. The Morgan fingerprint density at radius 2 is 2.36 bits per heavy atom. The van der Waals surface area contributed by atoms with E-state index < -0.39 is 5.97 Å². The van der Waals surface area contributed by atoms with Crippen LogP contribution in [0.15, 0.2) is 30.9 Å². The third kappa shape index (κ3) is 2.26. The van der Waals surface area contributed by atoms with E-state index in [1.807, 2.05) is 0 Å². The number of carbonyl (C=O) groups is 1. The first-order valence-corrected chi connectivity index (χ1v) is 4.30. The van der Waals surface area contributed by atoms with Gasteiger partial charge in [-0.15, -0.1) is 0 Å². The van der Waals surface area contributed by atoms with E-state index in [1.54, 1.807) is 12.1 Å². The lowest BCUT2D eigenvalue weighted by molar-refractivity contribution is 0.0693. The van der Waals surface area contributed by atoms with Gasteiger partial charge in [-0.05, 0) is 12.1 Å². The van der Waals surface area contributed by atoms with Gasteiger partial charge in [0, 0.05) is 0 Å². The fourth-order valence-electron chi connectivity index (χ4n) is 0.981. The summed E-state index contributed by atoms with van der Waals surface area (Å²) in [5, 5.41) is 9.02. The minimum atomic E-state index is -1.10. The Hall–Kier alpha value is -1.48. The second-order valence-corrected chi connectivity index (χ2v) is 2.93. The molecule has 4 heteroatoms. The van der Waals surface area contributed by atoms with Crippen LogP contribution in [-0.4, -0.2) is 17.7 Å². The normalized spacial score (nSPS) is 9.50. The molecule has 1 aromatic rings. The Balaban J connectivity index is 3.07. The minimum Gasteiger partial charge on any atom is -0.489 e. The van der Waals surface area contributed by atoms with Crippen LogP contribution in [0.3, 0.4) is 0 Å². The summed E-state index contributed by atoms with van der Waals surface area (Å²) < 4.78 is 5.15. The van der Waals surface area contributed by atoms with E-state index in [0.717, 1.165) is 0 Å². The number of hydrogen-bond donors (Lipinski definition) is 1. The van der Waals surface area contributed by atoms with Gasteiger partial charge in [0.25, 0.3) is 0 Å². The molecule has 0 aromatic heterocycles. The molecule has 0 aliphatic carbocycles. The van der Waals surface area contributed by atoms with Gasteiger partial charge in [0.1, 0.15) is 17.9 Å². The van der Waals surface area contributed by atoms with Crippen LogP contribution in [0.2, 0.25) is 5.02 Å². The number of ether oxygens (including phenoxy) is 1. The maximum Gasteiger partial charge on any atom is 0.341 e. The molecule has 0 aliphatic heterocycles. The van der Waals surface area contributed by atoms with Gasteiger partial charge < -0.3 is 9.84 Å². The van der Waals surface area contributed by atoms with Gasteiger partial charge in [-0.25, -0.2) is 4.79 Å². The highest BCUT2D eigenvalue weighted by Crippen LogP contribution is 2.26. The van der Waals surface area contributed by atoms with E-state index in [4.69, 9.17) is 21.4 Å². The number of benzene rings is 1. The lowest BCUT2D eigenvalue weighted by Gasteiger charge is -2.07. The zero-order chi connectivity index (χ0) is 10.6. The van der Waals surface area contributed by atoms with Gasteiger partial charge in [-0.2, -0.15) is 0 Å². The summed E-state index contributed by atoms with van der Waals surface area (Å²) in [4.78, 5) is 10.8. The highest BCUT2D eigenvalue weighted by atomic mass is 35.5. The highest BCUT2D eigenvalue weighted by molar-refractivity contribution is 6.33. The second-order valence-electron chi connectivity index (χ2n) is 2.52. The van der Waals surface area contributed by atoms with E-state index in [0.29, 0.717) is 0 Å². The molecule has 0 amide bonds. The van der Waals surface area contributed by atoms with Crippen molar-refractivity contribution in [2.45, 2.75) is 0 Å². The van der Waals surface area contributed by atoms with E-state index >= 15 is 0 Å². The molecule has 0 unspecified atom stereocenters. The number of aromatic carboxylic acids is 1. The zero-order valence-electron chi connectivity index (χ0n) is 7.37. The Labute approximate surface area is 86.6 Å². The van der Waals surface area contributed by atoms with E-state index in [1.165, 1.54) is 12.1 Å². The van der Waals surface area contributed by atoms with Crippen molar-refractivity contribution in [3.8, 4) is 5.75 Å². The average molecular weight is 213 g/mol. The third-order valence-electron chi connectivity index (χ3n) is 1.55. The summed E-state index contributed by atoms with van der Waals surface area (Å²) in [6.45, 7) is 3.72. The molecule has 74 valence electrons. The third-order valence-corrected chi connectivity index (χ3v) is 1.86. The van der Waals surface area contributed by atoms with Crippen molar-refractivity contribution in [2.75, 3.05) is 6.61 Å². The largest absolute Gasteiger partial charge is 0.489 e. The van der Waals surface area contributed by atoms with Gasteiger partial charge in [0.15, 0.2) is 0 Å². The highest BCUT2D eigenvalue weighted by Gasteiger charge is 2.14. The maximum atomic E-state index is 10.8. The standard InChI is InChI=1S/C10H9ClO3/c1-2-6-14-8-5-3-4-7(11)9(8)10(12)13/h2-5H,1,6H2,(H,12,13). The summed E-state index contributed by atoms with van der Waals surface area (Å²) in [7, 11) is 0. The molecule has 1 N–H and O–H groups in total. The van der Waals surface area contributed by atoms with Crippen LogP contribution in [0.25, 0.3) is 0 Å². The molecule has 0 atom stereocenters. The summed E-state index contributed by atoms with van der Waals surface area (Å²) >= 11 is 5.72. The first-order chi connectivity index (χ1) is 6.66. The van der Waals surface area contributed by atoms with E-state index in [2.05, 4.69) is 6.58 Å². The average Bonchev–Trinajstić information content (AvgIpc) is 2.14. The van der Waals surface area contributed by atoms with Crippen molar-refractivity contribution in [3.05, 3.63) is 41.4 Å². The van der Waals surface area contributed by atoms with Crippen LogP contribution in [0.5, 0.6) is 5.75 Å². The number of rotatable bonds is 4. The molecule has 0 fully saturated rings. The number of hydrogen-bond acceptors (Lipinski definition) is 2. The monoisotopic (exact) mass is 212 g/mol. The molecule has 0 saturated carbocycles. The molecule has 1 rings (SSSR count). The van der Waals surface area contributed by atoms with Crippen LogP contribution in [0, 0.1) is 0 Å². The Morgan fingerprint density at radius 1 is 1.64 bits per heavy atom. The fraction of sp³-hybridized carbons (Fsp3) is 0.100. The first kappa shape index (κ1) is 10.6. The van der Waals surface area contributed by atoms with E-state index in [9.17, 15) is 4.79 Å². The number of carboxylic acids is 1. The van der Waals surface area contributed by atoms with Crippen molar-refractivity contribution in [1.82, 2.24) is 0 Å². The maximum absolute atomic E-state index is 10.8. The smallest absolute Gasteiger partial charge is 0.341 e. The van der Waals surface area contributed by atoms with Gasteiger partial charge in [0.05, 0.1) is 5.02 Å². The molecular weight excluding hydrogens is 204 g/mol. The Morgan fingerprint density at radius 3 is 2.93 bits per heavy atom. The van der Waals surface area contributed by atoms with Crippen molar-refractivity contribution >= 4 is 17.6 Å². The quantitative estimate of drug-likeness (QED) is 0.781. The molecule has 0 radical (unpaired) electrons. The van der Waals surface area contributed by atoms with Crippen LogP contribution in [-0.2, 0) is 0 Å². The SMILES string of the molecule is C=CCOc1cccc(Cl)c1C(=O)O. The molecule has 1 aromatic carbocycles. The van der Waals surface area contributed by atoms with Crippen LogP contribution in [0.1, 0.15) is 10.4 Å². The van der Waals surface area contributed by atoms with E-state index in [-0.39, 0.29) is 22.9 Å². The van der Waals surface area contributed by atoms with Crippen molar-refractivity contribution in [1.29, 1.82) is 0 Å². The molecule has 0 spiro atoms. The first-order valence-electron chi connectivity index (χ1n) is 3.92. The number of halogens is 1. The predicted molar refractivity (Wildman–Crippen MR) is 54.1 cm³/mol. The molecular formula is C10H9ClO3. The molecule has 0 aliphatic rings. The topological polar surface area (TPSA) is 46.5 Å². The second kappa shape index (κ2) is 4.67. The van der Waals surface area contributed by atoms with Gasteiger partial charge in [-0.3, -0.25) is 0 Å². The minimum absolute atomic E-state index is 0.0176. The summed E-state index contributed by atoms with van der Waals surface area (Å²) in [5.41, 5.74) is -0.0176. The van der Waals surface area contributed by atoms with Crippen molar-refractivity contribution < 1.29 is 14.6 Å². The van der Waals surface area contributed by atoms with Gasteiger partial charge in [0.2, 0.25) is 0 Å². The number of carboxylic acid groups (broad SMARTS) is 1. The van der Waals surface area contributed by atoms with Crippen LogP contribution < -0.4 is 4.74 Å². The Kier molecular flexibility index (Phi) is 3.54. The van der Waals surface area contributed by atoms with Crippen molar-refractivity contribution in [3.63, 3.8) is 0 Å². The molecule has 3 nitrogen and oxygen atoms in total. The lowest BCUT2D eigenvalue weighted by atomic mass is 10.2. The molecule has 0 heterocycles. The van der Waals surface area contributed by atoms with Crippen LogP contribution >= 0.6 is 11.6 Å². The zero-order valence-corrected chi connectivity index (χ0v) is 8.12. The lowest BCUT2D eigenvalue weighted by Crippen LogP contribution is -2.03. The predicted octanol–water partition coefficient (Wildman–Crippen LogP) is 2.60. The Bertz CT molecular complexity index is 360. The molecule has 14 heavy (non-hydrogen) atoms. The summed E-state index contributed by atoms with van der Waals surface area (Å²) in [6.07, 6.45) is 1.53. The fourth-order valence-corrected chi connectivity index (χ4v) is 1.23. The van der Waals surface area contributed by atoms with Crippen molar-refractivity contribution in [2.24, 2.45) is 0 Å². The molecule has 0 bridgehead atoms. The summed E-state index contributed by atoms with van der Waals surface area (Å²) in [6, 6.07) is 4.69.